The van der Waals surface area contributed by atoms with Gasteiger partial charge in [-0.05, 0) is 58.4 Å². The van der Waals surface area contributed by atoms with Crippen LogP contribution < -0.4 is 19.5 Å². The van der Waals surface area contributed by atoms with Gasteiger partial charge in [0.2, 0.25) is 5.88 Å². The molecule has 0 unspecified atom stereocenters. The SMILES string of the molecule is COc1ccc(NS(=O)(=O)c2ccc(NC(=O)c3cc(Br)cc(Br)c3OC(C)=O)cc2)nn1. The van der Waals surface area contributed by atoms with Crippen LogP contribution in [0.1, 0.15) is 17.3 Å². The Morgan fingerprint density at radius 2 is 1.70 bits per heavy atom. The van der Waals surface area contributed by atoms with E-state index >= 15 is 0 Å². The Morgan fingerprint density at radius 1 is 1.00 bits per heavy atom. The summed E-state index contributed by atoms with van der Waals surface area (Å²) in [4.78, 5) is 24.2. The number of aromatic nitrogens is 2. The molecule has 13 heteroatoms. The molecule has 1 amide bonds. The lowest BCUT2D eigenvalue weighted by atomic mass is 10.2. The van der Waals surface area contributed by atoms with Crippen molar-refractivity contribution < 1.29 is 27.5 Å². The fourth-order valence-electron chi connectivity index (χ4n) is 2.57. The number of rotatable bonds is 7. The molecule has 3 rings (SSSR count). The molecule has 0 aliphatic heterocycles. The summed E-state index contributed by atoms with van der Waals surface area (Å²) in [6, 6.07) is 11.5. The van der Waals surface area contributed by atoms with Gasteiger partial charge in [0.15, 0.2) is 11.6 Å². The van der Waals surface area contributed by atoms with Gasteiger partial charge in [0.05, 0.1) is 22.0 Å². The molecule has 0 atom stereocenters. The summed E-state index contributed by atoms with van der Waals surface area (Å²) in [6.45, 7) is 1.22. The van der Waals surface area contributed by atoms with E-state index in [1.165, 1.54) is 56.5 Å². The van der Waals surface area contributed by atoms with Gasteiger partial charge in [-0.2, -0.15) is 0 Å². The van der Waals surface area contributed by atoms with Crippen LogP contribution in [0.15, 0.2) is 62.4 Å². The minimum absolute atomic E-state index is 0.0198. The van der Waals surface area contributed by atoms with E-state index in [1.54, 1.807) is 6.07 Å². The Morgan fingerprint density at radius 3 is 2.27 bits per heavy atom. The van der Waals surface area contributed by atoms with Crippen molar-refractivity contribution in [1.29, 1.82) is 0 Å². The van der Waals surface area contributed by atoms with Crippen LogP contribution >= 0.6 is 31.9 Å². The standard InChI is InChI=1S/C20H16Br2N4O6S/c1-11(27)32-19-15(9-12(21)10-16(19)22)20(28)23-13-3-5-14(6-4-13)33(29,30)26-17-7-8-18(31-2)25-24-17/h3-10H,1-2H3,(H,23,28)(H,24,26). The van der Waals surface area contributed by atoms with Crippen molar-refractivity contribution in [2.45, 2.75) is 11.8 Å². The molecule has 2 N–H and O–H groups in total. The number of anilines is 2. The van der Waals surface area contributed by atoms with Crippen LogP contribution in [-0.2, 0) is 14.8 Å². The van der Waals surface area contributed by atoms with Gasteiger partial charge in [-0.15, -0.1) is 10.2 Å². The number of nitrogens with zero attached hydrogens (tertiary/aromatic N) is 2. The first-order chi connectivity index (χ1) is 15.6. The number of nitrogens with one attached hydrogen (secondary N) is 2. The maximum Gasteiger partial charge on any atom is 0.308 e. The van der Waals surface area contributed by atoms with E-state index < -0.39 is 21.9 Å². The number of benzene rings is 2. The Bertz CT molecular complexity index is 1300. The second-order valence-corrected chi connectivity index (χ2v) is 9.86. The van der Waals surface area contributed by atoms with Crippen LogP contribution in [0.25, 0.3) is 0 Å². The summed E-state index contributed by atoms with van der Waals surface area (Å²) in [5.41, 5.74) is 0.427. The van der Waals surface area contributed by atoms with E-state index in [0.29, 0.717) is 14.6 Å². The van der Waals surface area contributed by atoms with Crippen molar-refractivity contribution in [3.05, 3.63) is 63.0 Å². The molecule has 0 fully saturated rings. The molecule has 1 heterocycles. The number of hydrogen-bond acceptors (Lipinski definition) is 8. The van der Waals surface area contributed by atoms with Crippen LogP contribution in [0.3, 0.4) is 0 Å². The van der Waals surface area contributed by atoms with E-state index in [0.717, 1.165) is 0 Å². The zero-order chi connectivity index (χ0) is 24.2. The molecule has 2 aromatic carbocycles. The second-order valence-electron chi connectivity index (χ2n) is 6.40. The normalized spacial score (nSPS) is 10.9. The first-order valence-electron chi connectivity index (χ1n) is 9.08. The molecule has 10 nitrogen and oxygen atoms in total. The van der Waals surface area contributed by atoms with Crippen LogP contribution in [-0.4, -0.2) is 37.6 Å². The summed E-state index contributed by atoms with van der Waals surface area (Å²) in [6.07, 6.45) is 0. The third-order valence-electron chi connectivity index (χ3n) is 4.01. The second kappa shape index (κ2) is 10.3. The summed E-state index contributed by atoms with van der Waals surface area (Å²) < 4.78 is 38.5. The third kappa shape index (κ3) is 6.27. The van der Waals surface area contributed by atoms with E-state index in [4.69, 9.17) is 9.47 Å². The van der Waals surface area contributed by atoms with Gasteiger partial charge in [0.25, 0.3) is 15.9 Å². The topological polar surface area (TPSA) is 137 Å². The molecular weight excluding hydrogens is 584 g/mol. The average molecular weight is 600 g/mol. The molecule has 1 aromatic heterocycles. The van der Waals surface area contributed by atoms with Gasteiger partial charge in [-0.3, -0.25) is 14.3 Å². The van der Waals surface area contributed by atoms with Gasteiger partial charge in [0.1, 0.15) is 0 Å². The molecule has 0 saturated carbocycles. The lowest BCUT2D eigenvalue weighted by molar-refractivity contribution is -0.131. The zero-order valence-electron chi connectivity index (χ0n) is 17.1. The minimum Gasteiger partial charge on any atom is -0.480 e. The van der Waals surface area contributed by atoms with Crippen molar-refractivity contribution in [3.8, 4) is 11.6 Å². The summed E-state index contributed by atoms with van der Waals surface area (Å²) in [5.74, 6) is -0.822. The number of carbonyl (C=O) groups excluding carboxylic acids is 2. The summed E-state index contributed by atoms with van der Waals surface area (Å²) >= 11 is 6.56. The number of methoxy groups -OCH3 is 1. The first kappa shape index (κ1) is 24.6. The largest absolute Gasteiger partial charge is 0.480 e. The molecule has 172 valence electrons. The molecule has 0 bridgehead atoms. The highest BCUT2D eigenvalue weighted by atomic mass is 79.9. The highest BCUT2D eigenvalue weighted by Crippen LogP contribution is 2.33. The van der Waals surface area contributed by atoms with Crippen molar-refractivity contribution in [2.24, 2.45) is 0 Å². The predicted molar refractivity (Wildman–Crippen MR) is 127 cm³/mol. The number of hydrogen-bond donors (Lipinski definition) is 2. The summed E-state index contributed by atoms with van der Waals surface area (Å²) in [5, 5.41) is 10.1. The number of ether oxygens (including phenoxy) is 2. The molecule has 0 aliphatic carbocycles. The van der Waals surface area contributed by atoms with Gasteiger partial charge in [0, 0.05) is 23.2 Å². The van der Waals surface area contributed by atoms with Crippen LogP contribution in [0.2, 0.25) is 0 Å². The minimum atomic E-state index is -3.94. The number of amides is 1. The third-order valence-corrected chi connectivity index (χ3v) is 6.43. The smallest absolute Gasteiger partial charge is 0.308 e. The quantitative estimate of drug-likeness (QED) is 0.307. The predicted octanol–water partition coefficient (Wildman–Crippen LogP) is 3.99. The lowest BCUT2D eigenvalue weighted by Gasteiger charge is -2.13. The summed E-state index contributed by atoms with van der Waals surface area (Å²) in [7, 11) is -2.52. The zero-order valence-corrected chi connectivity index (χ0v) is 21.1. The maximum absolute atomic E-state index is 12.8. The van der Waals surface area contributed by atoms with Gasteiger partial charge in [-0.25, -0.2) is 8.42 Å². The molecule has 33 heavy (non-hydrogen) atoms. The molecule has 0 aliphatic rings. The average Bonchev–Trinajstić information content (AvgIpc) is 2.76. The monoisotopic (exact) mass is 598 g/mol. The number of carbonyl (C=O) groups is 2. The van der Waals surface area contributed by atoms with E-state index in [1.807, 2.05) is 0 Å². The van der Waals surface area contributed by atoms with Crippen molar-refractivity contribution in [1.82, 2.24) is 10.2 Å². The van der Waals surface area contributed by atoms with E-state index in [2.05, 4.69) is 52.1 Å². The Balaban J connectivity index is 1.78. The Kier molecular flexibility index (Phi) is 7.66. The molecular formula is C20H16Br2N4O6S. The molecule has 0 saturated heterocycles. The Hall–Kier alpha value is -3.03. The highest BCUT2D eigenvalue weighted by Gasteiger charge is 2.20. The van der Waals surface area contributed by atoms with Crippen molar-refractivity contribution in [2.75, 3.05) is 17.1 Å². The molecule has 0 spiro atoms. The van der Waals surface area contributed by atoms with Gasteiger partial charge < -0.3 is 14.8 Å². The van der Waals surface area contributed by atoms with Crippen LogP contribution in [0.4, 0.5) is 11.5 Å². The number of sulfonamides is 1. The first-order valence-corrected chi connectivity index (χ1v) is 12.2. The number of esters is 1. The van der Waals surface area contributed by atoms with Crippen LogP contribution in [0, 0.1) is 0 Å². The fourth-order valence-corrected chi connectivity index (χ4v) is 4.87. The van der Waals surface area contributed by atoms with Crippen molar-refractivity contribution >= 4 is 65.3 Å². The maximum atomic E-state index is 12.8. The van der Waals surface area contributed by atoms with E-state index in [9.17, 15) is 18.0 Å². The highest BCUT2D eigenvalue weighted by molar-refractivity contribution is 9.11. The van der Waals surface area contributed by atoms with Crippen LogP contribution in [0.5, 0.6) is 11.6 Å². The fraction of sp³-hybridized carbons (Fsp3) is 0.100. The lowest BCUT2D eigenvalue weighted by Crippen LogP contribution is -2.16. The molecule has 0 radical (unpaired) electrons. The Labute approximate surface area is 206 Å². The van der Waals surface area contributed by atoms with Gasteiger partial charge in [-0.1, -0.05) is 15.9 Å². The van der Waals surface area contributed by atoms with Gasteiger partial charge >= 0.3 is 5.97 Å². The molecule has 3 aromatic rings. The number of halogens is 2. The van der Waals surface area contributed by atoms with Crippen molar-refractivity contribution in [3.63, 3.8) is 0 Å². The van der Waals surface area contributed by atoms with E-state index in [-0.39, 0.29) is 27.9 Å².